The zero-order valence-corrected chi connectivity index (χ0v) is 19.4. The molecule has 30 heavy (non-hydrogen) atoms. The summed E-state index contributed by atoms with van der Waals surface area (Å²) in [7, 11) is 0. The van der Waals surface area contributed by atoms with Crippen LogP contribution in [0.25, 0.3) is 11.8 Å². The van der Waals surface area contributed by atoms with Crippen LogP contribution in [0.1, 0.15) is 33.6 Å². The summed E-state index contributed by atoms with van der Waals surface area (Å²) < 4.78 is 3.12. The van der Waals surface area contributed by atoms with Gasteiger partial charge in [-0.2, -0.15) is 5.26 Å². The fourth-order valence-electron chi connectivity index (χ4n) is 3.78. The van der Waals surface area contributed by atoms with Crippen molar-refractivity contribution in [3.8, 4) is 11.8 Å². The lowest BCUT2D eigenvalue weighted by atomic mass is 10.0. The number of aryl methyl sites for hydroxylation is 4. The molecule has 0 radical (unpaired) electrons. The number of carbonyl (C=O) groups excluding carboxylic acids is 1. The second-order valence-corrected chi connectivity index (χ2v) is 8.45. The summed E-state index contributed by atoms with van der Waals surface area (Å²) in [5, 5.41) is 12.6. The molecule has 1 heterocycles. The number of hydrogen-bond acceptors (Lipinski definition) is 2. The predicted octanol–water partition coefficient (Wildman–Crippen LogP) is 6.33. The minimum atomic E-state index is -0.402. The first-order valence-electron chi connectivity index (χ1n) is 9.67. The zero-order valence-electron chi connectivity index (χ0n) is 17.8. The maximum atomic E-state index is 12.8. The van der Waals surface area contributed by atoms with Crippen molar-refractivity contribution in [3.63, 3.8) is 0 Å². The summed E-state index contributed by atoms with van der Waals surface area (Å²) in [5.41, 5.74) is 7.80. The predicted molar refractivity (Wildman–Crippen MR) is 126 cm³/mol. The van der Waals surface area contributed by atoms with E-state index in [0.717, 1.165) is 49.5 Å². The standard InChI is InChI=1S/C25H24BrN3O/c1-15-10-16(2)24(17(3)11-15)28-25(30)21(14-27)13-20-12-18(4)29(19(20)5)23-8-6-22(26)7-9-23/h6-13H,1-5H3,(H,28,30)/b21-13+. The summed E-state index contributed by atoms with van der Waals surface area (Å²) in [6.45, 7) is 9.93. The molecule has 1 amide bonds. The highest BCUT2D eigenvalue weighted by molar-refractivity contribution is 9.10. The second kappa shape index (κ2) is 8.73. The molecule has 0 saturated heterocycles. The summed E-state index contributed by atoms with van der Waals surface area (Å²) >= 11 is 3.46. The van der Waals surface area contributed by atoms with E-state index in [-0.39, 0.29) is 5.57 Å². The molecule has 0 aliphatic rings. The summed E-state index contributed by atoms with van der Waals surface area (Å²) in [6, 6.07) is 16.1. The van der Waals surface area contributed by atoms with Gasteiger partial charge in [-0.25, -0.2) is 0 Å². The maximum absolute atomic E-state index is 12.8. The summed E-state index contributed by atoms with van der Waals surface area (Å²) in [5.74, 6) is -0.402. The third-order valence-electron chi connectivity index (χ3n) is 5.14. The molecule has 0 bridgehead atoms. The van der Waals surface area contributed by atoms with Gasteiger partial charge in [-0.1, -0.05) is 33.6 Å². The molecule has 152 valence electrons. The number of amides is 1. The molecule has 0 saturated carbocycles. The van der Waals surface area contributed by atoms with Crippen LogP contribution in [0.3, 0.4) is 0 Å². The van der Waals surface area contributed by atoms with Crippen LogP contribution in [0.5, 0.6) is 0 Å². The van der Waals surface area contributed by atoms with Gasteiger partial charge in [0.1, 0.15) is 11.6 Å². The monoisotopic (exact) mass is 461 g/mol. The van der Waals surface area contributed by atoms with Crippen LogP contribution < -0.4 is 5.32 Å². The van der Waals surface area contributed by atoms with E-state index >= 15 is 0 Å². The number of rotatable bonds is 4. The fourth-order valence-corrected chi connectivity index (χ4v) is 4.05. The van der Waals surface area contributed by atoms with Gasteiger partial charge in [0.25, 0.3) is 5.91 Å². The largest absolute Gasteiger partial charge is 0.321 e. The zero-order chi connectivity index (χ0) is 22.0. The average Bonchev–Trinajstić information content (AvgIpc) is 2.96. The number of aromatic nitrogens is 1. The van der Waals surface area contributed by atoms with Gasteiger partial charge in [0.05, 0.1) is 0 Å². The first kappa shape index (κ1) is 21.6. The first-order valence-corrected chi connectivity index (χ1v) is 10.5. The van der Waals surface area contributed by atoms with Crippen LogP contribution in [0.15, 0.2) is 52.5 Å². The Morgan fingerprint density at radius 1 is 1.03 bits per heavy atom. The Bertz CT molecular complexity index is 1170. The van der Waals surface area contributed by atoms with Crippen LogP contribution in [0, 0.1) is 45.9 Å². The van der Waals surface area contributed by atoms with E-state index in [1.165, 1.54) is 0 Å². The maximum Gasteiger partial charge on any atom is 0.266 e. The Morgan fingerprint density at radius 2 is 1.63 bits per heavy atom. The normalized spacial score (nSPS) is 11.3. The van der Waals surface area contributed by atoms with Gasteiger partial charge in [0.2, 0.25) is 0 Å². The minimum absolute atomic E-state index is 0.0745. The molecule has 3 rings (SSSR count). The molecule has 1 N–H and O–H groups in total. The van der Waals surface area contributed by atoms with Crippen molar-refractivity contribution in [3.05, 3.63) is 86.2 Å². The van der Waals surface area contributed by atoms with E-state index in [1.807, 2.05) is 77.1 Å². The third-order valence-corrected chi connectivity index (χ3v) is 5.66. The SMILES string of the molecule is Cc1cc(C)c(NC(=O)/C(C#N)=C/c2cc(C)n(-c3ccc(Br)cc3)c2C)c(C)c1. The van der Waals surface area contributed by atoms with Gasteiger partial charge in [-0.05, 0) is 87.7 Å². The highest BCUT2D eigenvalue weighted by Gasteiger charge is 2.15. The average molecular weight is 462 g/mol. The molecule has 4 nitrogen and oxygen atoms in total. The van der Waals surface area contributed by atoms with Crippen molar-refractivity contribution in [2.75, 3.05) is 5.32 Å². The van der Waals surface area contributed by atoms with Crippen LogP contribution >= 0.6 is 15.9 Å². The third kappa shape index (κ3) is 4.39. The summed E-state index contributed by atoms with van der Waals surface area (Å²) in [6.07, 6.45) is 1.66. The van der Waals surface area contributed by atoms with Gasteiger partial charge in [-0.15, -0.1) is 0 Å². The number of hydrogen-bond donors (Lipinski definition) is 1. The van der Waals surface area contributed by atoms with Gasteiger partial charge >= 0.3 is 0 Å². The van der Waals surface area contributed by atoms with E-state index in [2.05, 4.69) is 31.9 Å². The van der Waals surface area contributed by atoms with E-state index < -0.39 is 5.91 Å². The second-order valence-electron chi connectivity index (χ2n) is 7.54. The van der Waals surface area contributed by atoms with Crippen molar-refractivity contribution in [2.24, 2.45) is 0 Å². The molecule has 0 aliphatic heterocycles. The highest BCUT2D eigenvalue weighted by atomic mass is 79.9. The van der Waals surface area contributed by atoms with Crippen LogP contribution in [0.4, 0.5) is 5.69 Å². The first-order chi connectivity index (χ1) is 14.2. The number of nitriles is 1. The van der Waals surface area contributed by atoms with E-state index in [9.17, 15) is 10.1 Å². The van der Waals surface area contributed by atoms with Crippen LogP contribution in [0.2, 0.25) is 0 Å². The summed E-state index contributed by atoms with van der Waals surface area (Å²) in [4.78, 5) is 12.8. The number of carbonyl (C=O) groups is 1. The van der Waals surface area contributed by atoms with Gasteiger partial charge in [0, 0.05) is 27.2 Å². The van der Waals surface area contributed by atoms with Crippen molar-refractivity contribution in [2.45, 2.75) is 34.6 Å². The molecule has 0 atom stereocenters. The van der Waals surface area contributed by atoms with Crippen LogP contribution in [-0.2, 0) is 4.79 Å². The number of benzene rings is 2. The molecule has 3 aromatic rings. The lowest BCUT2D eigenvalue weighted by Gasteiger charge is -2.12. The molecular formula is C25H24BrN3O. The molecule has 0 aliphatic carbocycles. The fraction of sp³-hybridized carbons (Fsp3) is 0.200. The molecule has 2 aromatic carbocycles. The van der Waals surface area contributed by atoms with Gasteiger partial charge < -0.3 is 9.88 Å². The van der Waals surface area contributed by atoms with Gasteiger partial charge in [0.15, 0.2) is 0 Å². The Kier molecular flexibility index (Phi) is 6.28. The molecule has 5 heteroatoms. The van der Waals surface area contributed by atoms with Gasteiger partial charge in [-0.3, -0.25) is 4.79 Å². The molecular weight excluding hydrogens is 438 g/mol. The molecule has 0 spiro atoms. The lowest BCUT2D eigenvalue weighted by molar-refractivity contribution is -0.112. The van der Waals surface area contributed by atoms with E-state index in [4.69, 9.17) is 0 Å². The Hall–Kier alpha value is -3.10. The quantitative estimate of drug-likeness (QED) is 0.364. The van der Waals surface area contributed by atoms with E-state index in [1.54, 1.807) is 6.08 Å². The van der Waals surface area contributed by atoms with Crippen molar-refractivity contribution < 1.29 is 4.79 Å². The van der Waals surface area contributed by atoms with Crippen molar-refractivity contribution in [1.29, 1.82) is 5.26 Å². The number of halogens is 1. The van der Waals surface area contributed by atoms with Crippen molar-refractivity contribution in [1.82, 2.24) is 4.57 Å². The van der Waals surface area contributed by atoms with Crippen LogP contribution in [-0.4, -0.2) is 10.5 Å². The highest BCUT2D eigenvalue weighted by Crippen LogP contribution is 2.25. The molecule has 0 unspecified atom stereocenters. The number of anilines is 1. The topological polar surface area (TPSA) is 57.8 Å². The Labute approximate surface area is 186 Å². The lowest BCUT2D eigenvalue weighted by Crippen LogP contribution is -2.15. The Balaban J connectivity index is 1.95. The molecule has 1 aromatic heterocycles. The smallest absolute Gasteiger partial charge is 0.266 e. The van der Waals surface area contributed by atoms with E-state index in [0.29, 0.717) is 0 Å². The minimum Gasteiger partial charge on any atom is -0.321 e. The molecule has 0 fully saturated rings. The Morgan fingerprint density at radius 3 is 2.20 bits per heavy atom. The number of nitrogens with one attached hydrogen (secondary N) is 1. The van der Waals surface area contributed by atoms with Crippen molar-refractivity contribution >= 4 is 33.6 Å². The number of nitrogens with zero attached hydrogens (tertiary/aromatic N) is 2.